The van der Waals surface area contributed by atoms with E-state index in [9.17, 15) is 0 Å². The highest BCUT2D eigenvalue weighted by molar-refractivity contribution is 6.03. The number of nitrogens with zero attached hydrogens (tertiary/aromatic N) is 1. The van der Waals surface area contributed by atoms with Gasteiger partial charge < -0.3 is 4.98 Å². The first-order valence-electron chi connectivity index (χ1n) is 6.59. The summed E-state index contributed by atoms with van der Waals surface area (Å²) in [4.78, 5) is 8.02. The lowest BCUT2D eigenvalue weighted by molar-refractivity contribution is 0.869. The number of rotatable bonds is 2. The molecule has 0 aliphatic carbocycles. The van der Waals surface area contributed by atoms with Crippen LogP contribution in [0.15, 0.2) is 30.5 Å². The van der Waals surface area contributed by atoms with Gasteiger partial charge in [0.2, 0.25) is 0 Å². The SMILES string of the molecule is CCc1cc2ncc3cc(C(C)C)ccc3c2[nH]1. The quantitative estimate of drug-likeness (QED) is 0.704. The van der Waals surface area contributed by atoms with Crippen molar-refractivity contribution in [2.24, 2.45) is 0 Å². The molecule has 0 unspecified atom stereocenters. The highest BCUT2D eigenvalue weighted by atomic mass is 14.8. The first kappa shape index (κ1) is 11.3. The van der Waals surface area contributed by atoms with Crippen LogP contribution in [0.25, 0.3) is 21.8 Å². The summed E-state index contributed by atoms with van der Waals surface area (Å²) in [5.74, 6) is 0.556. The van der Waals surface area contributed by atoms with Crippen LogP contribution in [0.3, 0.4) is 0 Å². The molecule has 2 heterocycles. The summed E-state index contributed by atoms with van der Waals surface area (Å²) in [5.41, 5.74) is 4.85. The lowest BCUT2D eigenvalue weighted by Gasteiger charge is -2.07. The maximum Gasteiger partial charge on any atom is 0.0888 e. The molecule has 0 saturated carbocycles. The van der Waals surface area contributed by atoms with Crippen molar-refractivity contribution in [3.8, 4) is 0 Å². The molecule has 3 rings (SSSR count). The minimum atomic E-state index is 0.556. The highest BCUT2D eigenvalue weighted by Gasteiger charge is 2.07. The summed E-state index contributed by atoms with van der Waals surface area (Å²) in [6, 6.07) is 8.83. The second kappa shape index (κ2) is 4.13. The van der Waals surface area contributed by atoms with Crippen molar-refractivity contribution in [2.45, 2.75) is 33.1 Å². The van der Waals surface area contributed by atoms with Crippen LogP contribution < -0.4 is 0 Å². The zero-order chi connectivity index (χ0) is 12.7. The van der Waals surface area contributed by atoms with Crippen LogP contribution in [-0.2, 0) is 6.42 Å². The van der Waals surface area contributed by atoms with Gasteiger partial charge in [-0.2, -0.15) is 0 Å². The molecule has 18 heavy (non-hydrogen) atoms. The summed E-state index contributed by atoms with van der Waals surface area (Å²) in [7, 11) is 0. The fourth-order valence-corrected chi connectivity index (χ4v) is 2.41. The first-order valence-corrected chi connectivity index (χ1v) is 6.59. The van der Waals surface area contributed by atoms with E-state index in [0.717, 1.165) is 11.9 Å². The summed E-state index contributed by atoms with van der Waals surface area (Å²) < 4.78 is 0. The molecule has 1 aromatic carbocycles. The Morgan fingerprint density at radius 2 is 2.06 bits per heavy atom. The number of hydrogen-bond donors (Lipinski definition) is 1. The van der Waals surface area contributed by atoms with Crippen LogP contribution in [-0.4, -0.2) is 9.97 Å². The molecule has 0 spiro atoms. The summed E-state index contributed by atoms with van der Waals surface area (Å²) in [6.07, 6.45) is 3.00. The van der Waals surface area contributed by atoms with Crippen molar-refractivity contribution in [1.82, 2.24) is 9.97 Å². The van der Waals surface area contributed by atoms with Gasteiger partial charge in [0.1, 0.15) is 0 Å². The number of nitrogens with one attached hydrogen (secondary N) is 1. The molecule has 0 aliphatic heterocycles. The van der Waals surface area contributed by atoms with Gasteiger partial charge in [-0.15, -0.1) is 0 Å². The third-order valence-electron chi connectivity index (χ3n) is 3.59. The molecule has 1 N–H and O–H groups in total. The number of benzene rings is 1. The fourth-order valence-electron chi connectivity index (χ4n) is 2.41. The second-order valence-corrected chi connectivity index (χ2v) is 5.17. The Bertz CT molecular complexity index is 708. The molecule has 0 aliphatic rings. The molecule has 2 aromatic heterocycles. The zero-order valence-electron chi connectivity index (χ0n) is 11.1. The Kier molecular flexibility index (Phi) is 2.58. The number of aromatic nitrogens is 2. The normalized spacial score (nSPS) is 11.8. The van der Waals surface area contributed by atoms with E-state index >= 15 is 0 Å². The van der Waals surface area contributed by atoms with E-state index in [1.165, 1.54) is 27.5 Å². The van der Waals surface area contributed by atoms with E-state index in [1.54, 1.807) is 0 Å². The van der Waals surface area contributed by atoms with E-state index < -0.39 is 0 Å². The number of fused-ring (bicyclic) bond motifs is 3. The Morgan fingerprint density at radius 1 is 1.22 bits per heavy atom. The third-order valence-corrected chi connectivity index (χ3v) is 3.59. The van der Waals surface area contributed by atoms with Gasteiger partial charge in [0, 0.05) is 22.7 Å². The molecular formula is C16H18N2. The van der Waals surface area contributed by atoms with Crippen LogP contribution in [0.1, 0.15) is 37.9 Å². The van der Waals surface area contributed by atoms with Gasteiger partial charge >= 0.3 is 0 Å². The predicted molar refractivity (Wildman–Crippen MR) is 77.1 cm³/mol. The Morgan fingerprint density at radius 3 is 2.78 bits per heavy atom. The highest BCUT2D eigenvalue weighted by Crippen LogP contribution is 2.26. The van der Waals surface area contributed by atoms with Gasteiger partial charge in [-0.25, -0.2) is 0 Å². The predicted octanol–water partition coefficient (Wildman–Crippen LogP) is 4.40. The van der Waals surface area contributed by atoms with Crippen molar-refractivity contribution >= 4 is 21.8 Å². The molecule has 0 atom stereocenters. The Balaban J connectivity index is 2.30. The Labute approximate surface area is 107 Å². The standard InChI is InChI=1S/C16H18N2/c1-4-13-8-15-16(18-13)14-6-5-11(10(2)3)7-12(14)9-17-15/h5-10,18H,4H2,1-3H3. The largest absolute Gasteiger partial charge is 0.357 e. The van der Waals surface area contributed by atoms with Crippen molar-refractivity contribution in [3.05, 3.63) is 41.7 Å². The molecular weight excluding hydrogens is 220 g/mol. The monoisotopic (exact) mass is 238 g/mol. The van der Waals surface area contributed by atoms with Crippen LogP contribution in [0.4, 0.5) is 0 Å². The Hall–Kier alpha value is -1.83. The maximum atomic E-state index is 4.55. The summed E-state index contributed by atoms with van der Waals surface area (Å²) in [6.45, 7) is 6.59. The summed E-state index contributed by atoms with van der Waals surface area (Å²) >= 11 is 0. The molecule has 3 aromatic rings. The smallest absolute Gasteiger partial charge is 0.0888 e. The fraction of sp³-hybridized carbons (Fsp3) is 0.312. The molecule has 92 valence electrons. The molecule has 0 fully saturated rings. The average Bonchev–Trinajstić information content (AvgIpc) is 2.81. The van der Waals surface area contributed by atoms with E-state index in [1.807, 2.05) is 6.20 Å². The molecule has 0 saturated heterocycles. The maximum absolute atomic E-state index is 4.55. The lowest BCUT2D eigenvalue weighted by Crippen LogP contribution is -1.88. The van der Waals surface area contributed by atoms with Gasteiger partial charge in [0.05, 0.1) is 11.0 Å². The minimum Gasteiger partial charge on any atom is -0.357 e. The third kappa shape index (κ3) is 1.69. The minimum absolute atomic E-state index is 0.556. The van der Waals surface area contributed by atoms with Crippen molar-refractivity contribution in [1.29, 1.82) is 0 Å². The average molecular weight is 238 g/mol. The molecule has 0 bridgehead atoms. The second-order valence-electron chi connectivity index (χ2n) is 5.17. The molecule has 0 radical (unpaired) electrons. The van der Waals surface area contributed by atoms with Crippen LogP contribution >= 0.6 is 0 Å². The van der Waals surface area contributed by atoms with E-state index in [4.69, 9.17) is 0 Å². The van der Waals surface area contributed by atoms with E-state index in [0.29, 0.717) is 5.92 Å². The van der Waals surface area contributed by atoms with Crippen molar-refractivity contribution in [3.63, 3.8) is 0 Å². The molecule has 0 amide bonds. The van der Waals surface area contributed by atoms with Crippen LogP contribution in [0.5, 0.6) is 0 Å². The van der Waals surface area contributed by atoms with Crippen LogP contribution in [0.2, 0.25) is 0 Å². The van der Waals surface area contributed by atoms with Gasteiger partial charge in [0.15, 0.2) is 0 Å². The van der Waals surface area contributed by atoms with Gasteiger partial charge in [-0.3, -0.25) is 4.98 Å². The van der Waals surface area contributed by atoms with Crippen LogP contribution in [0, 0.1) is 0 Å². The summed E-state index contributed by atoms with van der Waals surface area (Å²) in [5, 5.41) is 2.49. The van der Waals surface area contributed by atoms with Gasteiger partial charge in [-0.1, -0.05) is 32.9 Å². The van der Waals surface area contributed by atoms with Gasteiger partial charge in [0.25, 0.3) is 0 Å². The van der Waals surface area contributed by atoms with Crippen molar-refractivity contribution < 1.29 is 0 Å². The molecule has 2 nitrogen and oxygen atoms in total. The molecule has 2 heteroatoms. The topological polar surface area (TPSA) is 28.7 Å². The number of pyridine rings is 1. The zero-order valence-corrected chi connectivity index (χ0v) is 11.1. The lowest BCUT2D eigenvalue weighted by atomic mass is 10.00. The number of H-pyrrole nitrogens is 1. The van der Waals surface area contributed by atoms with Gasteiger partial charge in [-0.05, 0) is 30.0 Å². The number of aryl methyl sites for hydroxylation is 1. The number of aromatic amines is 1. The first-order chi connectivity index (χ1) is 8.69. The van der Waals surface area contributed by atoms with E-state index in [-0.39, 0.29) is 0 Å². The number of hydrogen-bond acceptors (Lipinski definition) is 1. The van der Waals surface area contributed by atoms with Crippen molar-refractivity contribution in [2.75, 3.05) is 0 Å². The van der Waals surface area contributed by atoms with E-state index in [2.05, 4.69) is 55.0 Å².